The summed E-state index contributed by atoms with van der Waals surface area (Å²) in [6.45, 7) is 6.34. The number of hydrogen-bond donors (Lipinski definition) is 1. The van der Waals surface area contributed by atoms with Gasteiger partial charge in [-0.1, -0.05) is 25.9 Å². The second-order valence-electron chi connectivity index (χ2n) is 4.69. The minimum Gasteiger partial charge on any atom is -0.337 e. The van der Waals surface area contributed by atoms with E-state index < -0.39 is 5.54 Å². The van der Waals surface area contributed by atoms with Crippen molar-refractivity contribution in [3.63, 3.8) is 0 Å². The first-order valence-electron chi connectivity index (χ1n) is 6.47. The van der Waals surface area contributed by atoms with Gasteiger partial charge >= 0.3 is 0 Å². The standard InChI is InChI=1S/C12H21N3OS2/c1-4-12(13,5-2)11-14-10(15-16-11)9-8(3)17-6-7-18-9/h8-9H,4-7,13H2,1-3H3. The van der Waals surface area contributed by atoms with Gasteiger partial charge in [0.2, 0.25) is 5.89 Å². The van der Waals surface area contributed by atoms with Gasteiger partial charge in [-0.15, -0.1) is 11.8 Å². The molecule has 1 aliphatic heterocycles. The molecule has 102 valence electrons. The molecule has 2 unspecified atom stereocenters. The molecule has 1 fully saturated rings. The molecule has 1 aromatic rings. The Labute approximate surface area is 117 Å². The Morgan fingerprint density at radius 3 is 2.61 bits per heavy atom. The van der Waals surface area contributed by atoms with E-state index in [1.165, 1.54) is 5.75 Å². The van der Waals surface area contributed by atoms with Crippen molar-refractivity contribution in [1.29, 1.82) is 0 Å². The molecular weight excluding hydrogens is 266 g/mol. The van der Waals surface area contributed by atoms with Crippen LogP contribution in [0.3, 0.4) is 0 Å². The Morgan fingerprint density at radius 2 is 2.00 bits per heavy atom. The van der Waals surface area contributed by atoms with Crippen LogP contribution in [-0.2, 0) is 5.54 Å². The fourth-order valence-corrected chi connectivity index (χ4v) is 4.70. The summed E-state index contributed by atoms with van der Waals surface area (Å²) in [6, 6.07) is 0. The van der Waals surface area contributed by atoms with Crippen molar-refractivity contribution in [1.82, 2.24) is 10.1 Å². The maximum absolute atomic E-state index is 6.29. The van der Waals surface area contributed by atoms with E-state index in [1.807, 2.05) is 23.5 Å². The van der Waals surface area contributed by atoms with Crippen LogP contribution in [0.5, 0.6) is 0 Å². The highest BCUT2D eigenvalue weighted by Crippen LogP contribution is 2.41. The smallest absolute Gasteiger partial charge is 0.246 e. The summed E-state index contributed by atoms with van der Waals surface area (Å²) < 4.78 is 5.40. The maximum Gasteiger partial charge on any atom is 0.246 e. The summed E-state index contributed by atoms with van der Waals surface area (Å²) in [5.41, 5.74) is 5.82. The van der Waals surface area contributed by atoms with Crippen LogP contribution in [0.1, 0.15) is 50.6 Å². The van der Waals surface area contributed by atoms with Crippen LogP contribution >= 0.6 is 23.5 Å². The first-order chi connectivity index (χ1) is 8.60. The fourth-order valence-electron chi connectivity index (χ4n) is 2.02. The molecule has 0 aromatic carbocycles. The molecular formula is C12H21N3OS2. The highest BCUT2D eigenvalue weighted by Gasteiger charge is 2.33. The molecule has 0 aliphatic carbocycles. The van der Waals surface area contributed by atoms with Gasteiger partial charge < -0.3 is 10.3 Å². The highest BCUT2D eigenvalue weighted by molar-refractivity contribution is 8.06. The second-order valence-corrected chi connectivity index (χ2v) is 7.42. The van der Waals surface area contributed by atoms with Crippen LogP contribution in [-0.4, -0.2) is 26.9 Å². The quantitative estimate of drug-likeness (QED) is 0.918. The van der Waals surface area contributed by atoms with Crippen molar-refractivity contribution in [3.05, 3.63) is 11.7 Å². The largest absolute Gasteiger partial charge is 0.337 e. The minimum atomic E-state index is -0.471. The number of nitrogens with two attached hydrogens (primary N) is 1. The van der Waals surface area contributed by atoms with E-state index in [-0.39, 0.29) is 0 Å². The molecule has 1 aromatic heterocycles. The van der Waals surface area contributed by atoms with Gasteiger partial charge in [0.1, 0.15) is 0 Å². The molecule has 0 spiro atoms. The summed E-state index contributed by atoms with van der Waals surface area (Å²) >= 11 is 3.89. The van der Waals surface area contributed by atoms with E-state index in [9.17, 15) is 0 Å². The summed E-state index contributed by atoms with van der Waals surface area (Å²) in [7, 11) is 0. The topological polar surface area (TPSA) is 64.9 Å². The van der Waals surface area contributed by atoms with Crippen LogP contribution in [0.4, 0.5) is 0 Å². The molecule has 2 rings (SSSR count). The zero-order valence-corrected chi connectivity index (χ0v) is 12.8. The van der Waals surface area contributed by atoms with Gasteiger partial charge in [-0.2, -0.15) is 16.7 Å². The van der Waals surface area contributed by atoms with E-state index in [1.54, 1.807) is 0 Å². The Kier molecular flexibility index (Phi) is 4.61. The Bertz CT molecular complexity index is 392. The molecule has 18 heavy (non-hydrogen) atoms. The van der Waals surface area contributed by atoms with Gasteiger partial charge in [-0.25, -0.2) is 0 Å². The van der Waals surface area contributed by atoms with Crippen molar-refractivity contribution in [2.24, 2.45) is 5.73 Å². The van der Waals surface area contributed by atoms with E-state index in [4.69, 9.17) is 10.3 Å². The molecule has 0 radical (unpaired) electrons. The summed E-state index contributed by atoms with van der Waals surface area (Å²) in [5.74, 6) is 3.76. The molecule has 0 amide bonds. The number of thioether (sulfide) groups is 2. The minimum absolute atomic E-state index is 0.333. The van der Waals surface area contributed by atoms with Crippen molar-refractivity contribution in [3.8, 4) is 0 Å². The van der Waals surface area contributed by atoms with E-state index in [0.29, 0.717) is 16.4 Å². The highest BCUT2D eigenvalue weighted by atomic mass is 32.2. The zero-order chi connectivity index (χ0) is 13.2. The van der Waals surface area contributed by atoms with E-state index in [0.717, 1.165) is 24.4 Å². The van der Waals surface area contributed by atoms with Gasteiger partial charge in [0.15, 0.2) is 5.82 Å². The Hall–Kier alpha value is -0.200. The predicted molar refractivity (Wildman–Crippen MR) is 77.9 cm³/mol. The van der Waals surface area contributed by atoms with Gasteiger partial charge in [0, 0.05) is 16.8 Å². The summed E-state index contributed by atoms with van der Waals surface area (Å²) in [4.78, 5) is 4.56. The van der Waals surface area contributed by atoms with Crippen molar-refractivity contribution < 1.29 is 4.52 Å². The first-order valence-corrected chi connectivity index (χ1v) is 8.56. The third-order valence-corrected chi connectivity index (χ3v) is 6.66. The Balaban J connectivity index is 2.19. The summed E-state index contributed by atoms with van der Waals surface area (Å²) in [6.07, 6.45) is 1.63. The fraction of sp³-hybridized carbons (Fsp3) is 0.833. The molecule has 4 nitrogen and oxygen atoms in total. The van der Waals surface area contributed by atoms with Crippen molar-refractivity contribution >= 4 is 23.5 Å². The molecule has 6 heteroatoms. The van der Waals surface area contributed by atoms with Crippen LogP contribution < -0.4 is 5.73 Å². The zero-order valence-electron chi connectivity index (χ0n) is 11.2. The van der Waals surface area contributed by atoms with Crippen molar-refractivity contribution in [2.75, 3.05) is 11.5 Å². The van der Waals surface area contributed by atoms with Crippen LogP contribution in [0.25, 0.3) is 0 Å². The normalized spacial score (nSPS) is 25.3. The van der Waals surface area contributed by atoms with Gasteiger partial charge in [0.05, 0.1) is 10.8 Å². The lowest BCUT2D eigenvalue weighted by atomic mass is 9.94. The second kappa shape index (κ2) is 5.84. The molecule has 0 saturated carbocycles. The maximum atomic E-state index is 6.29. The SMILES string of the molecule is CCC(N)(CC)c1nc(C2SCCSC2C)no1. The molecule has 2 heterocycles. The van der Waals surface area contributed by atoms with Crippen molar-refractivity contribution in [2.45, 2.75) is 49.7 Å². The van der Waals surface area contributed by atoms with Crippen LogP contribution in [0.2, 0.25) is 0 Å². The third kappa shape index (κ3) is 2.70. The van der Waals surface area contributed by atoms with E-state index >= 15 is 0 Å². The number of nitrogens with zero attached hydrogens (tertiary/aromatic N) is 2. The monoisotopic (exact) mass is 287 g/mol. The lowest BCUT2D eigenvalue weighted by molar-refractivity contribution is 0.266. The number of hydrogen-bond acceptors (Lipinski definition) is 6. The molecule has 2 N–H and O–H groups in total. The van der Waals surface area contributed by atoms with Gasteiger partial charge in [0.25, 0.3) is 0 Å². The van der Waals surface area contributed by atoms with Gasteiger partial charge in [-0.05, 0) is 12.8 Å². The number of aromatic nitrogens is 2. The number of rotatable bonds is 4. The van der Waals surface area contributed by atoms with Gasteiger partial charge in [-0.3, -0.25) is 0 Å². The Morgan fingerprint density at radius 1 is 1.33 bits per heavy atom. The van der Waals surface area contributed by atoms with Crippen LogP contribution in [0.15, 0.2) is 4.52 Å². The average molecular weight is 287 g/mol. The van der Waals surface area contributed by atoms with E-state index in [2.05, 4.69) is 30.9 Å². The third-order valence-electron chi connectivity index (χ3n) is 3.57. The van der Waals surface area contributed by atoms with Crippen LogP contribution in [0, 0.1) is 0 Å². The lowest BCUT2D eigenvalue weighted by Gasteiger charge is -2.25. The predicted octanol–water partition coefficient (Wildman–Crippen LogP) is 2.95. The average Bonchev–Trinajstić information content (AvgIpc) is 2.88. The molecule has 1 saturated heterocycles. The molecule has 1 aliphatic rings. The lowest BCUT2D eigenvalue weighted by Crippen LogP contribution is -2.35. The summed E-state index contributed by atoms with van der Waals surface area (Å²) in [5, 5.41) is 5.02. The first kappa shape index (κ1) is 14.2. The molecule has 0 bridgehead atoms. The molecule has 2 atom stereocenters.